The second-order valence-corrected chi connectivity index (χ2v) is 9.78. The van der Waals surface area contributed by atoms with E-state index in [1.807, 2.05) is 0 Å². The van der Waals surface area contributed by atoms with Gasteiger partial charge in [0, 0.05) is 0 Å². The summed E-state index contributed by atoms with van der Waals surface area (Å²) < 4.78 is 6.23. The molecule has 4 heteroatoms. The van der Waals surface area contributed by atoms with Crippen LogP contribution in [0.15, 0.2) is 0 Å². The fourth-order valence-electron chi connectivity index (χ4n) is 2.30. The van der Waals surface area contributed by atoms with Crippen LogP contribution in [0.5, 0.6) is 0 Å². The normalized spacial score (nSPS) is 25.5. The standard InChI is InChI=1S/C12H25NO2Si/c1-6-16(7-2,8-3)15-11-10(9(4)5)13-12(11)14/h9-11H,6-8H2,1-5H3,(H,13,14)/t10-,11+/m1/s1. The van der Waals surface area contributed by atoms with Crippen molar-refractivity contribution in [3.05, 3.63) is 0 Å². The van der Waals surface area contributed by atoms with Gasteiger partial charge in [-0.25, -0.2) is 0 Å². The third kappa shape index (κ3) is 2.48. The van der Waals surface area contributed by atoms with Crippen LogP contribution in [-0.4, -0.2) is 26.4 Å². The van der Waals surface area contributed by atoms with E-state index in [0.29, 0.717) is 5.92 Å². The fraction of sp³-hybridized carbons (Fsp3) is 0.917. The number of hydrogen-bond acceptors (Lipinski definition) is 2. The number of rotatable bonds is 6. The molecule has 2 atom stereocenters. The quantitative estimate of drug-likeness (QED) is 0.575. The second-order valence-electron chi connectivity index (χ2n) is 5.06. The van der Waals surface area contributed by atoms with Crippen molar-refractivity contribution >= 4 is 14.2 Å². The Bertz CT molecular complexity index is 243. The Balaban J connectivity index is 2.67. The van der Waals surface area contributed by atoms with E-state index < -0.39 is 8.32 Å². The van der Waals surface area contributed by atoms with Gasteiger partial charge in [0.15, 0.2) is 8.32 Å². The third-order valence-corrected chi connectivity index (χ3v) is 8.54. The zero-order valence-electron chi connectivity index (χ0n) is 11.2. The summed E-state index contributed by atoms with van der Waals surface area (Å²) in [5, 5.41) is 2.95. The van der Waals surface area contributed by atoms with Gasteiger partial charge in [-0.3, -0.25) is 4.79 Å². The number of amides is 1. The van der Waals surface area contributed by atoms with E-state index in [2.05, 4.69) is 39.9 Å². The van der Waals surface area contributed by atoms with Gasteiger partial charge < -0.3 is 9.74 Å². The number of carbonyl (C=O) groups is 1. The smallest absolute Gasteiger partial charge is 0.250 e. The van der Waals surface area contributed by atoms with Crippen molar-refractivity contribution in [2.75, 3.05) is 0 Å². The molecule has 1 heterocycles. The van der Waals surface area contributed by atoms with Gasteiger partial charge in [0.05, 0.1) is 6.04 Å². The topological polar surface area (TPSA) is 38.3 Å². The highest BCUT2D eigenvalue weighted by Gasteiger charge is 2.46. The van der Waals surface area contributed by atoms with Crippen molar-refractivity contribution < 1.29 is 9.22 Å². The molecule has 1 N–H and O–H groups in total. The molecular formula is C12H25NO2Si. The SMILES string of the molecule is CC[Si](CC)(CC)O[C@@H]1C(=O)N[C@@H]1C(C)C. The molecule has 3 nitrogen and oxygen atoms in total. The van der Waals surface area contributed by atoms with Crippen molar-refractivity contribution in [2.45, 2.75) is 64.9 Å². The molecule has 1 rings (SSSR count). The number of nitrogens with one attached hydrogen (secondary N) is 1. The van der Waals surface area contributed by atoms with E-state index in [1.54, 1.807) is 0 Å². The first kappa shape index (κ1) is 13.7. The van der Waals surface area contributed by atoms with Crippen molar-refractivity contribution in [2.24, 2.45) is 5.92 Å². The molecule has 0 radical (unpaired) electrons. The Hall–Kier alpha value is -0.353. The molecule has 1 saturated heterocycles. The third-order valence-electron chi connectivity index (χ3n) is 3.92. The molecule has 0 saturated carbocycles. The molecule has 0 aromatic rings. The second kappa shape index (κ2) is 5.32. The molecule has 0 aromatic heterocycles. The average molecular weight is 243 g/mol. The lowest BCUT2D eigenvalue weighted by Gasteiger charge is -2.44. The predicted octanol–water partition coefficient (Wildman–Crippen LogP) is 2.53. The Kier molecular flexibility index (Phi) is 4.56. The lowest BCUT2D eigenvalue weighted by Crippen LogP contribution is -2.68. The highest BCUT2D eigenvalue weighted by Crippen LogP contribution is 2.28. The molecule has 0 unspecified atom stereocenters. The summed E-state index contributed by atoms with van der Waals surface area (Å²) in [6, 6.07) is 3.54. The van der Waals surface area contributed by atoms with Crippen LogP contribution in [-0.2, 0) is 9.22 Å². The molecule has 1 aliphatic rings. The minimum Gasteiger partial charge on any atom is -0.403 e. The summed E-state index contributed by atoms with van der Waals surface area (Å²) in [5.74, 6) is 0.547. The van der Waals surface area contributed by atoms with Crippen LogP contribution in [0.3, 0.4) is 0 Å². The van der Waals surface area contributed by atoms with Gasteiger partial charge in [-0.15, -0.1) is 0 Å². The van der Waals surface area contributed by atoms with E-state index in [0.717, 1.165) is 18.1 Å². The summed E-state index contributed by atoms with van der Waals surface area (Å²) >= 11 is 0. The van der Waals surface area contributed by atoms with Gasteiger partial charge in [0.2, 0.25) is 5.91 Å². The predicted molar refractivity (Wildman–Crippen MR) is 68.8 cm³/mol. The Morgan fingerprint density at radius 3 is 2.06 bits per heavy atom. The van der Waals surface area contributed by atoms with Crippen LogP contribution in [0.2, 0.25) is 18.1 Å². The zero-order chi connectivity index (χ0) is 12.3. The van der Waals surface area contributed by atoms with Gasteiger partial charge in [0.1, 0.15) is 6.10 Å². The maximum absolute atomic E-state index is 11.6. The lowest BCUT2D eigenvalue weighted by molar-refractivity contribution is -0.142. The average Bonchev–Trinajstić information content (AvgIpc) is 2.28. The molecular weight excluding hydrogens is 218 g/mol. The van der Waals surface area contributed by atoms with Crippen LogP contribution < -0.4 is 5.32 Å². The molecule has 0 spiro atoms. The molecule has 0 bridgehead atoms. The van der Waals surface area contributed by atoms with Gasteiger partial charge >= 0.3 is 0 Å². The minimum absolute atomic E-state index is 0.0888. The van der Waals surface area contributed by atoms with E-state index in [1.165, 1.54) is 0 Å². The summed E-state index contributed by atoms with van der Waals surface area (Å²) in [7, 11) is -1.64. The Labute approximate surface area is 100 Å². The molecule has 1 aliphatic heterocycles. The van der Waals surface area contributed by atoms with Crippen molar-refractivity contribution in [3.8, 4) is 0 Å². The van der Waals surface area contributed by atoms with Crippen LogP contribution in [0.1, 0.15) is 34.6 Å². The first-order chi connectivity index (χ1) is 7.49. The first-order valence-corrected chi connectivity index (χ1v) is 9.00. The molecule has 0 aliphatic carbocycles. The van der Waals surface area contributed by atoms with E-state index >= 15 is 0 Å². The number of carbonyl (C=O) groups excluding carboxylic acids is 1. The van der Waals surface area contributed by atoms with Gasteiger partial charge in [0.25, 0.3) is 0 Å². The highest BCUT2D eigenvalue weighted by atomic mass is 28.4. The summed E-state index contributed by atoms with van der Waals surface area (Å²) in [5.41, 5.74) is 0. The van der Waals surface area contributed by atoms with E-state index in [4.69, 9.17) is 4.43 Å². The summed E-state index contributed by atoms with van der Waals surface area (Å²) in [6.45, 7) is 10.8. The monoisotopic (exact) mass is 243 g/mol. The molecule has 16 heavy (non-hydrogen) atoms. The fourth-order valence-corrected chi connectivity index (χ4v) is 5.09. The number of hydrogen-bond donors (Lipinski definition) is 1. The summed E-state index contributed by atoms with van der Waals surface area (Å²) in [6.07, 6.45) is -0.175. The lowest BCUT2D eigenvalue weighted by atomic mass is 9.91. The van der Waals surface area contributed by atoms with Crippen LogP contribution in [0, 0.1) is 5.92 Å². The van der Waals surface area contributed by atoms with Crippen molar-refractivity contribution in [3.63, 3.8) is 0 Å². The van der Waals surface area contributed by atoms with Crippen molar-refractivity contribution in [1.82, 2.24) is 5.32 Å². The maximum atomic E-state index is 11.6. The minimum atomic E-state index is -1.64. The molecule has 94 valence electrons. The van der Waals surface area contributed by atoms with Crippen LogP contribution >= 0.6 is 0 Å². The summed E-state index contributed by atoms with van der Waals surface area (Å²) in [4.78, 5) is 11.6. The first-order valence-electron chi connectivity index (χ1n) is 6.47. The van der Waals surface area contributed by atoms with Gasteiger partial charge in [-0.1, -0.05) is 34.6 Å². The molecule has 0 aromatic carbocycles. The number of β-lactam (4-membered cyclic amide) rings is 1. The largest absolute Gasteiger partial charge is 0.403 e. The van der Waals surface area contributed by atoms with Gasteiger partial charge in [-0.05, 0) is 24.1 Å². The van der Waals surface area contributed by atoms with Gasteiger partial charge in [-0.2, -0.15) is 0 Å². The Morgan fingerprint density at radius 1 is 1.25 bits per heavy atom. The Morgan fingerprint density at radius 2 is 1.75 bits per heavy atom. The zero-order valence-corrected chi connectivity index (χ0v) is 12.2. The highest BCUT2D eigenvalue weighted by molar-refractivity contribution is 6.73. The maximum Gasteiger partial charge on any atom is 0.250 e. The van der Waals surface area contributed by atoms with E-state index in [9.17, 15) is 4.79 Å². The van der Waals surface area contributed by atoms with Crippen LogP contribution in [0.4, 0.5) is 0 Å². The molecule has 1 fully saturated rings. The molecule has 1 amide bonds. The van der Waals surface area contributed by atoms with E-state index in [-0.39, 0.29) is 18.1 Å². The van der Waals surface area contributed by atoms with Crippen LogP contribution in [0.25, 0.3) is 0 Å². The van der Waals surface area contributed by atoms with Crippen molar-refractivity contribution in [1.29, 1.82) is 0 Å².